The Morgan fingerprint density at radius 1 is 1.31 bits per heavy atom. The molecule has 1 aromatic carbocycles. The van der Waals surface area contributed by atoms with Crippen molar-refractivity contribution in [3.63, 3.8) is 0 Å². The monoisotopic (exact) mass is 396 g/mol. The van der Waals surface area contributed by atoms with Crippen LogP contribution in [0.15, 0.2) is 41.4 Å². The van der Waals surface area contributed by atoms with E-state index in [1.807, 2.05) is 0 Å². The Hall–Kier alpha value is -2.03. The number of nitrogens with two attached hydrogens (primary N) is 1. The van der Waals surface area contributed by atoms with E-state index in [2.05, 4.69) is 10.3 Å². The first-order valence-corrected chi connectivity index (χ1v) is 10.0. The largest absolute Gasteiger partial charge is 0.495 e. The lowest BCUT2D eigenvalue weighted by atomic mass is 10.1. The number of methoxy groups -OCH3 is 1. The lowest BCUT2D eigenvalue weighted by Gasteiger charge is -2.32. The number of benzene rings is 1. The summed E-state index contributed by atoms with van der Waals surface area (Å²) in [6.07, 6.45) is 3.00. The van der Waals surface area contributed by atoms with Gasteiger partial charge < -0.3 is 15.8 Å². The van der Waals surface area contributed by atoms with Crippen LogP contribution in [0.3, 0.4) is 0 Å². The number of pyridine rings is 1. The molecule has 7 nitrogen and oxygen atoms in total. The van der Waals surface area contributed by atoms with Crippen molar-refractivity contribution in [3.8, 4) is 5.75 Å². The van der Waals surface area contributed by atoms with Crippen LogP contribution in [-0.2, 0) is 10.0 Å². The van der Waals surface area contributed by atoms with E-state index in [1.165, 1.54) is 23.5 Å². The van der Waals surface area contributed by atoms with Gasteiger partial charge in [0, 0.05) is 25.3 Å². The van der Waals surface area contributed by atoms with Crippen molar-refractivity contribution in [2.75, 3.05) is 31.2 Å². The summed E-state index contributed by atoms with van der Waals surface area (Å²) in [5.74, 6) is 1.08. The molecule has 1 aliphatic heterocycles. The summed E-state index contributed by atoms with van der Waals surface area (Å²) in [4.78, 5) is 4.39. The SMILES string of the molecule is COc1ccc(S(=O)(=O)N2CCC(Nc3ncccc3N)CC2)cc1Cl. The van der Waals surface area contributed by atoms with E-state index in [1.54, 1.807) is 24.4 Å². The summed E-state index contributed by atoms with van der Waals surface area (Å²) < 4.78 is 32.2. The van der Waals surface area contributed by atoms with E-state index < -0.39 is 10.0 Å². The van der Waals surface area contributed by atoms with Crippen molar-refractivity contribution < 1.29 is 13.2 Å². The number of aromatic nitrogens is 1. The molecule has 3 rings (SSSR count). The molecule has 0 amide bonds. The van der Waals surface area contributed by atoms with Crippen LogP contribution in [0.4, 0.5) is 11.5 Å². The first kappa shape index (κ1) is 18.8. The molecular weight excluding hydrogens is 376 g/mol. The predicted molar refractivity (Wildman–Crippen MR) is 102 cm³/mol. The average Bonchev–Trinajstić information content (AvgIpc) is 2.64. The summed E-state index contributed by atoms with van der Waals surface area (Å²) >= 11 is 6.07. The number of piperidine rings is 1. The van der Waals surface area contributed by atoms with E-state index in [-0.39, 0.29) is 16.0 Å². The molecule has 1 fully saturated rings. The maximum atomic E-state index is 12.8. The number of nitrogens with one attached hydrogen (secondary N) is 1. The van der Waals surface area contributed by atoms with Gasteiger partial charge in [-0.2, -0.15) is 4.31 Å². The smallest absolute Gasteiger partial charge is 0.243 e. The van der Waals surface area contributed by atoms with Gasteiger partial charge in [-0.25, -0.2) is 13.4 Å². The molecule has 0 atom stereocenters. The molecule has 0 radical (unpaired) electrons. The third-order valence-corrected chi connectivity index (χ3v) is 6.58. The Balaban J connectivity index is 1.67. The zero-order valence-corrected chi connectivity index (χ0v) is 15.9. The fraction of sp³-hybridized carbons (Fsp3) is 0.353. The number of rotatable bonds is 5. The van der Waals surface area contributed by atoms with Crippen LogP contribution in [0, 0.1) is 0 Å². The highest BCUT2D eigenvalue weighted by Crippen LogP contribution is 2.30. The van der Waals surface area contributed by atoms with Gasteiger partial charge in [0.05, 0.1) is 22.7 Å². The number of hydrogen-bond donors (Lipinski definition) is 2. The molecule has 2 heterocycles. The Bertz CT molecular complexity index is 883. The van der Waals surface area contributed by atoms with Crippen LogP contribution in [0.1, 0.15) is 12.8 Å². The molecule has 3 N–H and O–H groups in total. The first-order chi connectivity index (χ1) is 12.4. The number of sulfonamides is 1. The lowest BCUT2D eigenvalue weighted by Crippen LogP contribution is -2.42. The third kappa shape index (κ3) is 3.87. The zero-order valence-electron chi connectivity index (χ0n) is 14.4. The van der Waals surface area contributed by atoms with Crippen molar-refractivity contribution in [2.45, 2.75) is 23.8 Å². The number of anilines is 2. The fourth-order valence-electron chi connectivity index (χ4n) is 2.93. The van der Waals surface area contributed by atoms with Gasteiger partial charge in [0.25, 0.3) is 0 Å². The van der Waals surface area contributed by atoms with Crippen LogP contribution in [0.2, 0.25) is 5.02 Å². The second-order valence-electron chi connectivity index (χ2n) is 6.06. The normalized spacial score (nSPS) is 16.4. The van der Waals surface area contributed by atoms with Crippen LogP contribution >= 0.6 is 11.6 Å². The van der Waals surface area contributed by atoms with Crippen molar-refractivity contribution >= 4 is 33.1 Å². The molecule has 0 unspecified atom stereocenters. The van der Waals surface area contributed by atoms with Crippen molar-refractivity contribution in [3.05, 3.63) is 41.6 Å². The Morgan fingerprint density at radius 2 is 2.04 bits per heavy atom. The van der Waals surface area contributed by atoms with Crippen LogP contribution in [0.25, 0.3) is 0 Å². The minimum atomic E-state index is -3.59. The van der Waals surface area contributed by atoms with Crippen molar-refractivity contribution in [2.24, 2.45) is 0 Å². The van der Waals surface area contributed by atoms with Gasteiger partial charge in [-0.3, -0.25) is 0 Å². The Labute approximate surface area is 158 Å². The van der Waals surface area contributed by atoms with Gasteiger partial charge in [0.15, 0.2) is 0 Å². The van der Waals surface area contributed by atoms with Crippen molar-refractivity contribution in [1.82, 2.24) is 9.29 Å². The average molecular weight is 397 g/mol. The van der Waals surface area contributed by atoms with Crippen LogP contribution in [0.5, 0.6) is 5.75 Å². The Kier molecular flexibility index (Phi) is 5.55. The second-order valence-corrected chi connectivity index (χ2v) is 8.41. The molecule has 26 heavy (non-hydrogen) atoms. The molecule has 1 saturated heterocycles. The molecule has 0 saturated carbocycles. The summed E-state index contributed by atoms with van der Waals surface area (Å²) in [6, 6.07) is 8.18. The maximum absolute atomic E-state index is 12.8. The van der Waals surface area contributed by atoms with Gasteiger partial charge in [-0.1, -0.05) is 11.6 Å². The topological polar surface area (TPSA) is 97.5 Å². The number of ether oxygens (including phenoxy) is 1. The minimum absolute atomic E-state index is 0.123. The van der Waals surface area contributed by atoms with E-state index in [0.717, 1.165) is 0 Å². The summed E-state index contributed by atoms with van der Waals surface area (Å²) in [5, 5.41) is 3.56. The van der Waals surface area contributed by atoms with Gasteiger partial charge in [-0.05, 0) is 43.2 Å². The molecular formula is C17H21ClN4O3S. The molecule has 2 aromatic rings. The highest BCUT2D eigenvalue weighted by Gasteiger charge is 2.30. The first-order valence-electron chi connectivity index (χ1n) is 8.22. The number of nitrogens with zero attached hydrogens (tertiary/aromatic N) is 2. The molecule has 0 bridgehead atoms. The van der Waals surface area contributed by atoms with Gasteiger partial charge in [0.2, 0.25) is 10.0 Å². The molecule has 140 valence electrons. The van der Waals surface area contributed by atoms with Gasteiger partial charge in [0.1, 0.15) is 11.6 Å². The lowest BCUT2D eigenvalue weighted by molar-refractivity contribution is 0.329. The fourth-order valence-corrected chi connectivity index (χ4v) is 4.75. The highest BCUT2D eigenvalue weighted by molar-refractivity contribution is 7.89. The number of halogens is 1. The van der Waals surface area contributed by atoms with E-state index >= 15 is 0 Å². The van der Waals surface area contributed by atoms with Crippen LogP contribution < -0.4 is 15.8 Å². The predicted octanol–water partition coefficient (Wildman–Crippen LogP) is 2.59. The highest BCUT2D eigenvalue weighted by atomic mass is 35.5. The Morgan fingerprint density at radius 3 is 2.65 bits per heavy atom. The third-order valence-electron chi connectivity index (χ3n) is 4.39. The van der Waals surface area contributed by atoms with Crippen LogP contribution in [-0.4, -0.2) is 43.9 Å². The second kappa shape index (κ2) is 7.69. The zero-order chi connectivity index (χ0) is 18.7. The molecule has 0 spiro atoms. The van der Waals surface area contributed by atoms with Crippen molar-refractivity contribution in [1.29, 1.82) is 0 Å². The maximum Gasteiger partial charge on any atom is 0.243 e. The molecule has 1 aromatic heterocycles. The minimum Gasteiger partial charge on any atom is -0.495 e. The summed E-state index contributed by atoms with van der Waals surface area (Å²) in [5.41, 5.74) is 6.47. The van der Waals surface area contributed by atoms with E-state index in [4.69, 9.17) is 22.1 Å². The van der Waals surface area contributed by atoms with Gasteiger partial charge >= 0.3 is 0 Å². The van der Waals surface area contributed by atoms with E-state index in [0.29, 0.717) is 43.2 Å². The molecule has 0 aliphatic carbocycles. The van der Waals surface area contributed by atoms with E-state index in [9.17, 15) is 8.42 Å². The molecule has 1 aliphatic rings. The number of hydrogen-bond acceptors (Lipinski definition) is 6. The quantitative estimate of drug-likeness (QED) is 0.806. The number of nitrogen functional groups attached to an aromatic ring is 1. The summed E-state index contributed by atoms with van der Waals surface area (Å²) in [6.45, 7) is 0.826. The standard InChI is InChI=1S/C17H21ClN4O3S/c1-25-16-5-4-13(11-14(16)18)26(23,24)22-9-6-12(7-10-22)21-17-15(19)3-2-8-20-17/h2-5,8,11-12H,6-7,9-10,19H2,1H3,(H,20,21). The molecule has 9 heteroatoms. The van der Waals surface area contributed by atoms with Gasteiger partial charge in [-0.15, -0.1) is 0 Å². The summed E-state index contributed by atoms with van der Waals surface area (Å²) in [7, 11) is -2.10.